The van der Waals surface area contributed by atoms with Gasteiger partial charge in [-0.25, -0.2) is 13.6 Å². The third-order valence-electron chi connectivity index (χ3n) is 9.80. The van der Waals surface area contributed by atoms with Crippen LogP contribution in [0.2, 0.25) is 5.02 Å². The zero-order valence-electron chi connectivity index (χ0n) is 24.6. The third-order valence-corrected chi connectivity index (χ3v) is 10.0. The molecule has 226 valence electrons. The van der Waals surface area contributed by atoms with Gasteiger partial charge in [0.05, 0.1) is 6.61 Å². The summed E-state index contributed by atoms with van der Waals surface area (Å²) in [6, 6.07) is 11.6. The summed E-state index contributed by atoms with van der Waals surface area (Å²) in [7, 11) is 0. The van der Waals surface area contributed by atoms with Gasteiger partial charge in [0.2, 0.25) is 0 Å². The van der Waals surface area contributed by atoms with Crippen molar-refractivity contribution in [3.8, 4) is 5.75 Å². The van der Waals surface area contributed by atoms with Crippen LogP contribution in [0.4, 0.5) is 14.5 Å². The number of ether oxygens (including phenoxy) is 1. The molecule has 1 saturated carbocycles. The van der Waals surface area contributed by atoms with Gasteiger partial charge in [0.1, 0.15) is 11.3 Å². The average molecular weight is 607 g/mol. The number of carboxylic acids is 1. The van der Waals surface area contributed by atoms with Gasteiger partial charge in [0, 0.05) is 33.6 Å². The molecule has 2 atom stereocenters. The lowest BCUT2D eigenvalue weighted by atomic mass is 9.61. The van der Waals surface area contributed by atoms with E-state index < -0.39 is 28.6 Å². The molecule has 2 N–H and O–H groups in total. The number of hydrogen-bond donors (Lipinski definition) is 2. The van der Waals surface area contributed by atoms with Crippen LogP contribution in [0.1, 0.15) is 87.1 Å². The van der Waals surface area contributed by atoms with E-state index >= 15 is 0 Å². The number of carboxylic acid groups (broad SMARTS) is 1. The quantitative estimate of drug-likeness (QED) is 0.268. The number of fused-ring (bicyclic) bond motifs is 3. The first-order valence-electron chi connectivity index (χ1n) is 15.2. The van der Waals surface area contributed by atoms with Crippen molar-refractivity contribution >= 4 is 29.3 Å². The molecule has 0 aliphatic heterocycles. The molecule has 6 rings (SSSR count). The first kappa shape index (κ1) is 29.6. The number of benzene rings is 2. The minimum Gasteiger partial charge on any atom is -0.493 e. The molecule has 0 amide bonds. The maximum atomic E-state index is 14.6. The van der Waals surface area contributed by atoms with Gasteiger partial charge in [-0.3, -0.25) is 4.98 Å². The van der Waals surface area contributed by atoms with E-state index in [9.17, 15) is 18.7 Å². The van der Waals surface area contributed by atoms with Gasteiger partial charge in [0.15, 0.2) is 11.6 Å². The zero-order valence-corrected chi connectivity index (χ0v) is 25.3. The molecule has 8 heteroatoms. The molecule has 1 spiro atoms. The fourth-order valence-corrected chi connectivity index (χ4v) is 7.70. The van der Waals surface area contributed by atoms with Crippen LogP contribution in [0.15, 0.2) is 54.2 Å². The van der Waals surface area contributed by atoms with Gasteiger partial charge in [-0.15, -0.1) is 0 Å². The normalized spacial score (nSPS) is 25.0. The predicted molar refractivity (Wildman–Crippen MR) is 165 cm³/mol. The number of aryl methyl sites for hydroxylation is 1. The second-order valence-electron chi connectivity index (χ2n) is 12.7. The van der Waals surface area contributed by atoms with Crippen molar-refractivity contribution in [2.45, 2.75) is 82.1 Å². The molecule has 43 heavy (non-hydrogen) atoms. The van der Waals surface area contributed by atoms with Gasteiger partial charge in [-0.05, 0) is 111 Å². The van der Waals surface area contributed by atoms with Crippen molar-refractivity contribution in [2.75, 3.05) is 11.9 Å². The molecule has 3 aliphatic rings. The number of anilines is 1. The van der Waals surface area contributed by atoms with Gasteiger partial charge < -0.3 is 15.2 Å². The molecular weight excluding hydrogens is 570 g/mol. The molecule has 0 bridgehead atoms. The van der Waals surface area contributed by atoms with Crippen LogP contribution in [-0.2, 0) is 16.6 Å². The van der Waals surface area contributed by atoms with Crippen LogP contribution >= 0.6 is 11.6 Å². The lowest BCUT2D eigenvalue weighted by Crippen LogP contribution is -2.52. The van der Waals surface area contributed by atoms with Gasteiger partial charge in [-0.1, -0.05) is 43.2 Å². The fraction of sp³-hybridized carbons (Fsp3) is 0.429. The topological polar surface area (TPSA) is 71.5 Å². The summed E-state index contributed by atoms with van der Waals surface area (Å²) in [5.74, 6) is -1.29. The van der Waals surface area contributed by atoms with Crippen LogP contribution < -0.4 is 10.1 Å². The largest absolute Gasteiger partial charge is 0.493 e. The molecule has 3 aliphatic carbocycles. The van der Waals surface area contributed by atoms with Crippen molar-refractivity contribution in [1.82, 2.24) is 4.98 Å². The Kier molecular flexibility index (Phi) is 7.97. The van der Waals surface area contributed by atoms with Crippen LogP contribution in [-0.4, -0.2) is 28.2 Å². The fourth-order valence-electron chi connectivity index (χ4n) is 7.51. The molecule has 5 nitrogen and oxygen atoms in total. The number of aromatic nitrogens is 1. The third kappa shape index (κ3) is 5.52. The highest BCUT2D eigenvalue weighted by atomic mass is 35.5. The number of carbonyl (C=O) groups is 1. The highest BCUT2D eigenvalue weighted by molar-refractivity contribution is 6.30. The molecule has 1 fully saturated rings. The van der Waals surface area contributed by atoms with E-state index in [2.05, 4.69) is 24.1 Å². The Hall–Kier alpha value is -3.45. The summed E-state index contributed by atoms with van der Waals surface area (Å²) in [6.45, 7) is 4.84. The van der Waals surface area contributed by atoms with E-state index in [1.807, 2.05) is 18.3 Å². The number of nitrogens with zero attached hydrogens (tertiary/aromatic N) is 1. The Balaban J connectivity index is 1.24. The Morgan fingerprint density at radius 3 is 2.67 bits per heavy atom. The van der Waals surface area contributed by atoms with E-state index in [1.54, 1.807) is 24.3 Å². The summed E-state index contributed by atoms with van der Waals surface area (Å²) in [4.78, 5) is 17.3. The summed E-state index contributed by atoms with van der Waals surface area (Å²) >= 11 is 6.17. The highest BCUT2D eigenvalue weighted by Gasteiger charge is 2.52. The first-order chi connectivity index (χ1) is 20.6. The minimum atomic E-state index is -1.20. The second-order valence-corrected chi connectivity index (χ2v) is 13.1. The maximum Gasteiger partial charge on any atom is 0.329 e. The lowest BCUT2D eigenvalue weighted by Gasteiger charge is -2.46. The Bertz CT molecular complexity index is 1580. The number of pyridine rings is 1. The van der Waals surface area contributed by atoms with Crippen molar-refractivity contribution in [3.05, 3.63) is 93.3 Å². The smallest absolute Gasteiger partial charge is 0.329 e. The summed E-state index contributed by atoms with van der Waals surface area (Å²) < 4.78 is 35.4. The van der Waals surface area contributed by atoms with E-state index in [4.69, 9.17) is 16.3 Å². The number of hydrogen-bond acceptors (Lipinski definition) is 4. The van der Waals surface area contributed by atoms with Gasteiger partial charge in [-0.2, -0.15) is 0 Å². The first-order valence-corrected chi connectivity index (χ1v) is 15.6. The number of allylic oxidation sites excluding steroid dienone is 1. The van der Waals surface area contributed by atoms with Crippen LogP contribution in [0.3, 0.4) is 0 Å². The highest BCUT2D eigenvalue weighted by Crippen LogP contribution is 2.55. The number of aliphatic carboxylic acids is 1. The number of halogens is 3. The SMILES string of the molecule is C[C@@H](COc1ccnc2c1[C@H](C)CCC2)CC1=Cc2cc(F)c(F)cc2C12CCC(Nc1cccc(Cl)c1)(C(=O)O)CC2. The minimum absolute atomic E-state index is 0.116. The second kappa shape index (κ2) is 11.6. The maximum absolute atomic E-state index is 14.6. The lowest BCUT2D eigenvalue weighted by molar-refractivity contribution is -0.143. The van der Waals surface area contributed by atoms with Crippen molar-refractivity contribution in [1.29, 1.82) is 0 Å². The van der Waals surface area contributed by atoms with E-state index in [1.165, 1.54) is 17.7 Å². The summed E-state index contributed by atoms with van der Waals surface area (Å²) in [5.41, 5.74) is 3.69. The average Bonchev–Trinajstić information content (AvgIpc) is 3.24. The van der Waals surface area contributed by atoms with E-state index in [0.717, 1.165) is 41.8 Å². The summed E-state index contributed by atoms with van der Waals surface area (Å²) in [5, 5.41) is 14.1. The Morgan fingerprint density at radius 2 is 1.93 bits per heavy atom. The van der Waals surface area contributed by atoms with Crippen LogP contribution in [0.25, 0.3) is 6.08 Å². The Morgan fingerprint density at radius 1 is 1.16 bits per heavy atom. The van der Waals surface area contributed by atoms with Gasteiger partial charge in [0.25, 0.3) is 0 Å². The van der Waals surface area contributed by atoms with Crippen molar-refractivity contribution < 1.29 is 23.4 Å². The van der Waals surface area contributed by atoms with Crippen molar-refractivity contribution in [2.24, 2.45) is 5.92 Å². The molecule has 1 aromatic heterocycles. The van der Waals surface area contributed by atoms with E-state index in [0.29, 0.717) is 60.9 Å². The van der Waals surface area contributed by atoms with Crippen molar-refractivity contribution in [3.63, 3.8) is 0 Å². The Labute approximate surface area is 256 Å². The molecule has 0 saturated heterocycles. The van der Waals surface area contributed by atoms with Gasteiger partial charge >= 0.3 is 5.97 Å². The molecule has 0 radical (unpaired) electrons. The molecule has 0 unspecified atom stereocenters. The monoisotopic (exact) mass is 606 g/mol. The molecular formula is C35H37ClF2N2O3. The number of nitrogens with one attached hydrogen (secondary N) is 1. The molecule has 3 aromatic rings. The summed E-state index contributed by atoms with van der Waals surface area (Å²) in [6.07, 6.45) is 9.31. The zero-order chi connectivity index (χ0) is 30.4. The predicted octanol–water partition coefficient (Wildman–Crippen LogP) is 8.70. The van der Waals surface area contributed by atoms with Crippen LogP contribution in [0, 0.1) is 17.6 Å². The molecule has 2 aromatic carbocycles. The standard InChI is InChI=1S/C35H37ClF2N2O3/c1-21(20-43-31-9-14-39-30-8-3-5-22(2)32(30)31)15-24-16-23-17-28(37)29(38)19-27(23)34(24)10-12-35(13-11-34,33(41)42)40-26-7-4-6-25(36)18-26/h4,6-7,9,14,16-19,21-22,40H,3,5,8,10-13,15,20H2,1-2H3,(H,41,42)/t21-,22-,34?,35?/m1/s1. The van der Waals surface area contributed by atoms with E-state index in [-0.39, 0.29) is 5.92 Å². The van der Waals surface area contributed by atoms with Crippen LogP contribution in [0.5, 0.6) is 5.75 Å². The molecule has 1 heterocycles. The number of rotatable bonds is 8.